The third-order valence-electron chi connectivity index (χ3n) is 4.56. The molecule has 150 valence electrons. The number of hydrogen-bond acceptors (Lipinski definition) is 4. The monoisotopic (exact) mass is 407 g/mol. The van der Waals surface area contributed by atoms with Gasteiger partial charge in [0.05, 0.1) is 17.0 Å². The molecule has 0 fully saturated rings. The Hall–Kier alpha value is -2.92. The van der Waals surface area contributed by atoms with Crippen LogP contribution in [0.25, 0.3) is 11.1 Å². The van der Waals surface area contributed by atoms with Gasteiger partial charge in [0.2, 0.25) is 0 Å². The van der Waals surface area contributed by atoms with Gasteiger partial charge in [-0.05, 0) is 64.7 Å². The molecule has 0 unspecified atom stereocenters. The van der Waals surface area contributed by atoms with E-state index < -0.39 is 0 Å². The van der Waals surface area contributed by atoms with Crippen LogP contribution >= 0.6 is 11.3 Å². The number of benzene rings is 2. The third-order valence-corrected chi connectivity index (χ3v) is 5.49. The average molecular weight is 408 g/mol. The fourth-order valence-corrected chi connectivity index (χ4v) is 3.68. The molecule has 0 saturated heterocycles. The molecule has 0 aliphatic carbocycles. The lowest BCUT2D eigenvalue weighted by atomic mass is 9.86. The van der Waals surface area contributed by atoms with Gasteiger partial charge in [-0.25, -0.2) is 4.79 Å². The quantitative estimate of drug-likeness (QED) is 0.517. The van der Waals surface area contributed by atoms with E-state index in [0.29, 0.717) is 22.7 Å². The van der Waals surface area contributed by atoms with Gasteiger partial charge < -0.3 is 10.1 Å². The Labute approximate surface area is 175 Å². The van der Waals surface area contributed by atoms with Crippen molar-refractivity contribution in [3.8, 4) is 11.1 Å². The first-order valence-corrected chi connectivity index (χ1v) is 10.4. The van der Waals surface area contributed by atoms with Crippen molar-refractivity contribution in [1.29, 1.82) is 0 Å². The van der Waals surface area contributed by atoms with E-state index in [9.17, 15) is 9.59 Å². The van der Waals surface area contributed by atoms with E-state index in [1.807, 2.05) is 11.4 Å². The van der Waals surface area contributed by atoms with Crippen LogP contribution in [0.15, 0.2) is 60.0 Å². The van der Waals surface area contributed by atoms with Crippen molar-refractivity contribution >= 4 is 28.9 Å². The van der Waals surface area contributed by atoms with E-state index in [4.69, 9.17) is 4.74 Å². The second-order valence-electron chi connectivity index (χ2n) is 7.78. The van der Waals surface area contributed by atoms with Gasteiger partial charge in [-0.3, -0.25) is 4.79 Å². The van der Waals surface area contributed by atoms with Gasteiger partial charge in [-0.15, -0.1) is 11.3 Å². The standard InChI is InChI=1S/C24H25NO3S/c1-5-28-23(27)17-8-12-20(13-9-17)25-22(26)21-14-18(15-29-21)16-6-10-19(11-7-16)24(2,3)4/h6-15H,5H2,1-4H3,(H,25,26). The Morgan fingerprint density at radius 1 is 0.966 bits per heavy atom. The molecule has 1 aromatic heterocycles. The molecule has 0 aliphatic heterocycles. The van der Waals surface area contributed by atoms with Crippen LogP contribution < -0.4 is 5.32 Å². The van der Waals surface area contributed by atoms with Crippen molar-refractivity contribution in [3.63, 3.8) is 0 Å². The lowest BCUT2D eigenvalue weighted by Crippen LogP contribution is -2.10. The number of thiophene rings is 1. The third kappa shape index (κ3) is 5.12. The van der Waals surface area contributed by atoms with Crippen LogP contribution in [0.2, 0.25) is 0 Å². The zero-order chi connectivity index (χ0) is 21.0. The van der Waals surface area contributed by atoms with Crippen LogP contribution in [-0.2, 0) is 10.2 Å². The highest BCUT2D eigenvalue weighted by molar-refractivity contribution is 7.12. The minimum absolute atomic E-state index is 0.112. The molecule has 0 atom stereocenters. The zero-order valence-corrected chi connectivity index (χ0v) is 17.9. The van der Waals surface area contributed by atoms with E-state index in [-0.39, 0.29) is 17.3 Å². The molecule has 1 heterocycles. The molecule has 1 amide bonds. The minimum atomic E-state index is -0.370. The highest BCUT2D eigenvalue weighted by atomic mass is 32.1. The number of amides is 1. The number of hydrogen-bond donors (Lipinski definition) is 1. The molecule has 5 heteroatoms. The molecule has 0 bridgehead atoms. The minimum Gasteiger partial charge on any atom is -0.462 e. The van der Waals surface area contributed by atoms with Crippen molar-refractivity contribution < 1.29 is 14.3 Å². The van der Waals surface area contributed by atoms with Crippen molar-refractivity contribution in [1.82, 2.24) is 0 Å². The Morgan fingerprint density at radius 3 is 2.21 bits per heavy atom. The van der Waals surface area contributed by atoms with Crippen molar-refractivity contribution in [2.24, 2.45) is 0 Å². The number of anilines is 1. The fraction of sp³-hybridized carbons (Fsp3) is 0.250. The summed E-state index contributed by atoms with van der Waals surface area (Å²) < 4.78 is 4.96. The molecule has 2 aromatic carbocycles. The summed E-state index contributed by atoms with van der Waals surface area (Å²) in [6.07, 6.45) is 0. The van der Waals surface area contributed by atoms with Crippen LogP contribution in [0, 0.1) is 0 Å². The van der Waals surface area contributed by atoms with E-state index in [2.05, 4.69) is 50.4 Å². The molecule has 0 spiro atoms. The second kappa shape index (κ2) is 8.62. The first-order valence-electron chi connectivity index (χ1n) is 9.56. The smallest absolute Gasteiger partial charge is 0.338 e. The van der Waals surface area contributed by atoms with Gasteiger partial charge in [0.1, 0.15) is 0 Å². The Bertz CT molecular complexity index is 996. The molecule has 4 nitrogen and oxygen atoms in total. The van der Waals surface area contributed by atoms with Gasteiger partial charge in [-0.2, -0.15) is 0 Å². The number of esters is 1. The summed E-state index contributed by atoms with van der Waals surface area (Å²) in [5.41, 5.74) is 4.60. The van der Waals surface area contributed by atoms with Gasteiger partial charge in [0.15, 0.2) is 0 Å². The summed E-state index contributed by atoms with van der Waals surface area (Å²) in [4.78, 5) is 24.9. The zero-order valence-electron chi connectivity index (χ0n) is 17.1. The number of nitrogens with one attached hydrogen (secondary N) is 1. The van der Waals surface area contributed by atoms with Crippen molar-refractivity contribution in [2.75, 3.05) is 11.9 Å². The number of ether oxygens (including phenoxy) is 1. The Morgan fingerprint density at radius 2 is 1.62 bits per heavy atom. The highest BCUT2D eigenvalue weighted by Gasteiger charge is 2.15. The maximum absolute atomic E-state index is 12.6. The molecule has 3 aromatic rings. The van der Waals surface area contributed by atoms with Crippen LogP contribution in [0.3, 0.4) is 0 Å². The molecule has 0 saturated carbocycles. The maximum atomic E-state index is 12.6. The summed E-state index contributed by atoms with van der Waals surface area (Å²) in [6.45, 7) is 8.66. The van der Waals surface area contributed by atoms with Gasteiger partial charge in [0.25, 0.3) is 5.91 Å². The van der Waals surface area contributed by atoms with Crippen LogP contribution in [0.1, 0.15) is 53.3 Å². The predicted octanol–water partition coefficient (Wildman–Crippen LogP) is 6.14. The molecular formula is C24H25NO3S. The van der Waals surface area contributed by atoms with Crippen LogP contribution in [-0.4, -0.2) is 18.5 Å². The normalized spacial score (nSPS) is 11.2. The van der Waals surface area contributed by atoms with Crippen molar-refractivity contribution in [2.45, 2.75) is 33.1 Å². The molecule has 0 aliphatic rings. The SMILES string of the molecule is CCOC(=O)c1ccc(NC(=O)c2cc(-c3ccc(C(C)(C)C)cc3)cs2)cc1. The van der Waals surface area contributed by atoms with Crippen LogP contribution in [0.5, 0.6) is 0 Å². The van der Waals surface area contributed by atoms with Crippen molar-refractivity contribution in [3.05, 3.63) is 76.0 Å². The summed E-state index contributed by atoms with van der Waals surface area (Å²) in [7, 11) is 0. The largest absolute Gasteiger partial charge is 0.462 e. The average Bonchev–Trinajstić information content (AvgIpc) is 3.18. The molecular weight excluding hydrogens is 382 g/mol. The van der Waals surface area contributed by atoms with E-state index in [1.165, 1.54) is 16.9 Å². The van der Waals surface area contributed by atoms with E-state index >= 15 is 0 Å². The van der Waals surface area contributed by atoms with Gasteiger partial charge in [0, 0.05) is 5.69 Å². The Balaban J connectivity index is 1.68. The number of rotatable bonds is 5. The summed E-state index contributed by atoms with van der Waals surface area (Å²) >= 11 is 1.41. The summed E-state index contributed by atoms with van der Waals surface area (Å²) in [5.74, 6) is -0.540. The van der Waals surface area contributed by atoms with Gasteiger partial charge >= 0.3 is 5.97 Å². The lowest BCUT2D eigenvalue weighted by molar-refractivity contribution is 0.0526. The molecule has 29 heavy (non-hydrogen) atoms. The number of carbonyl (C=O) groups is 2. The predicted molar refractivity (Wildman–Crippen MR) is 119 cm³/mol. The topological polar surface area (TPSA) is 55.4 Å². The molecule has 1 N–H and O–H groups in total. The molecule has 3 rings (SSSR count). The maximum Gasteiger partial charge on any atom is 0.338 e. The van der Waals surface area contributed by atoms with Crippen LogP contribution in [0.4, 0.5) is 5.69 Å². The lowest BCUT2D eigenvalue weighted by Gasteiger charge is -2.19. The fourth-order valence-electron chi connectivity index (χ4n) is 2.87. The summed E-state index contributed by atoms with van der Waals surface area (Å²) in [5, 5.41) is 4.86. The Kier molecular flexibility index (Phi) is 6.18. The molecule has 0 radical (unpaired) electrons. The van der Waals surface area contributed by atoms with E-state index in [0.717, 1.165) is 11.1 Å². The first kappa shape index (κ1) is 20.8. The first-order chi connectivity index (χ1) is 13.8. The van der Waals surface area contributed by atoms with Gasteiger partial charge in [-0.1, -0.05) is 45.0 Å². The second-order valence-corrected chi connectivity index (χ2v) is 8.69. The highest BCUT2D eigenvalue weighted by Crippen LogP contribution is 2.29. The van der Waals surface area contributed by atoms with E-state index in [1.54, 1.807) is 31.2 Å². The summed E-state index contributed by atoms with van der Waals surface area (Å²) in [6, 6.07) is 17.0. The number of carbonyl (C=O) groups excluding carboxylic acids is 2.